The van der Waals surface area contributed by atoms with E-state index in [4.69, 9.17) is 4.52 Å². The Morgan fingerprint density at radius 2 is 1.74 bits per heavy atom. The summed E-state index contributed by atoms with van der Waals surface area (Å²) in [6.45, 7) is 13.6. The molecule has 170 valence electrons. The topological polar surface area (TPSA) is 82.8 Å². The van der Waals surface area contributed by atoms with Gasteiger partial charge in [0.15, 0.2) is 11.7 Å². The van der Waals surface area contributed by atoms with Crippen molar-refractivity contribution < 1.29 is 9.32 Å². The normalized spacial score (nSPS) is 11.6. The van der Waals surface area contributed by atoms with Gasteiger partial charge in [-0.05, 0) is 51.3 Å². The fourth-order valence-corrected chi connectivity index (χ4v) is 3.44. The molecular weight excluding hydrogens is 390 g/mol. The third kappa shape index (κ3) is 7.12. The molecule has 0 aliphatic rings. The number of nitrogens with one attached hydrogen (secondary N) is 2. The molecule has 0 saturated carbocycles. The lowest BCUT2D eigenvalue weighted by atomic mass is 9.99. The molecule has 2 rings (SSSR count). The maximum Gasteiger partial charge on any atom is 0.253 e. The Balaban J connectivity index is 1.97. The lowest BCUT2D eigenvalue weighted by Gasteiger charge is -2.18. The molecule has 0 saturated heterocycles. The molecule has 1 heterocycles. The van der Waals surface area contributed by atoms with E-state index in [0.29, 0.717) is 43.6 Å². The molecule has 0 bridgehead atoms. The van der Waals surface area contributed by atoms with Gasteiger partial charge in [0.25, 0.3) is 5.91 Å². The van der Waals surface area contributed by atoms with Crippen molar-refractivity contribution >= 4 is 11.9 Å². The van der Waals surface area contributed by atoms with Crippen LogP contribution in [-0.2, 0) is 13.1 Å². The zero-order chi connectivity index (χ0) is 22.6. The summed E-state index contributed by atoms with van der Waals surface area (Å²) < 4.78 is 5.48. The molecular formula is C24H37N5O2. The van der Waals surface area contributed by atoms with E-state index in [9.17, 15) is 4.79 Å². The molecule has 1 amide bonds. The number of aliphatic imine (C=N–C) groups is 1. The first-order valence-corrected chi connectivity index (χ1v) is 11.4. The highest BCUT2D eigenvalue weighted by molar-refractivity contribution is 5.94. The minimum atomic E-state index is 0.0647. The first-order chi connectivity index (χ1) is 15.1. The van der Waals surface area contributed by atoms with E-state index in [2.05, 4.69) is 34.6 Å². The van der Waals surface area contributed by atoms with E-state index in [1.165, 1.54) is 0 Å². The Morgan fingerprint density at radius 3 is 2.32 bits per heavy atom. The monoisotopic (exact) mass is 427 g/mol. The summed E-state index contributed by atoms with van der Waals surface area (Å²) in [6, 6.07) is 9.70. The molecule has 1 aromatic carbocycles. The molecule has 2 aromatic rings. The fourth-order valence-electron chi connectivity index (χ4n) is 3.44. The van der Waals surface area contributed by atoms with Crippen LogP contribution in [0, 0.1) is 0 Å². The van der Waals surface area contributed by atoms with Crippen molar-refractivity contribution in [2.24, 2.45) is 4.99 Å². The molecule has 2 N–H and O–H groups in total. The van der Waals surface area contributed by atoms with E-state index < -0.39 is 0 Å². The zero-order valence-electron chi connectivity index (χ0n) is 19.6. The summed E-state index contributed by atoms with van der Waals surface area (Å²) in [4.78, 5) is 18.9. The van der Waals surface area contributed by atoms with E-state index >= 15 is 0 Å². The smallest absolute Gasteiger partial charge is 0.253 e. The summed E-state index contributed by atoms with van der Waals surface area (Å²) in [5.74, 6) is 2.02. The fraction of sp³-hybridized carbons (Fsp3) is 0.542. The molecule has 1 aromatic heterocycles. The standard InChI is InChI=1S/C24H37N5O2/c1-6-19(7-2)22-15-21(31-28-22)17-27-24(25-8-3)26-16-18-11-13-20(14-12-18)23(30)29(9-4)10-5/h11-15,19H,6-10,16-17H2,1-5H3,(H2,25,26,27). The third-order valence-electron chi connectivity index (χ3n) is 5.43. The Labute approximate surface area is 186 Å². The largest absolute Gasteiger partial charge is 0.359 e. The Kier molecular flexibility index (Phi) is 10.1. The maximum atomic E-state index is 12.4. The number of guanidine groups is 1. The molecule has 7 heteroatoms. The lowest BCUT2D eigenvalue weighted by Crippen LogP contribution is -2.36. The van der Waals surface area contributed by atoms with Crippen LogP contribution in [0.25, 0.3) is 0 Å². The number of amides is 1. The third-order valence-corrected chi connectivity index (χ3v) is 5.43. The predicted molar refractivity (Wildman–Crippen MR) is 125 cm³/mol. The Hall–Kier alpha value is -2.83. The van der Waals surface area contributed by atoms with E-state index in [1.807, 2.05) is 56.0 Å². The second-order valence-electron chi connectivity index (χ2n) is 7.45. The average molecular weight is 428 g/mol. The minimum absolute atomic E-state index is 0.0647. The van der Waals surface area contributed by atoms with Crippen molar-refractivity contribution in [2.45, 2.75) is 66.5 Å². The van der Waals surface area contributed by atoms with Gasteiger partial charge in [-0.2, -0.15) is 0 Å². The van der Waals surface area contributed by atoms with E-state index in [-0.39, 0.29) is 5.91 Å². The van der Waals surface area contributed by atoms with Crippen molar-refractivity contribution in [3.05, 3.63) is 52.9 Å². The molecule has 0 spiro atoms. The average Bonchev–Trinajstić information content (AvgIpc) is 3.26. The van der Waals surface area contributed by atoms with Crippen LogP contribution in [0.15, 0.2) is 39.8 Å². The Morgan fingerprint density at radius 1 is 1.06 bits per heavy atom. The summed E-state index contributed by atoms with van der Waals surface area (Å²) in [7, 11) is 0. The van der Waals surface area contributed by atoms with Crippen LogP contribution in [0.4, 0.5) is 0 Å². The first-order valence-electron chi connectivity index (χ1n) is 11.4. The highest BCUT2D eigenvalue weighted by Crippen LogP contribution is 2.22. The second kappa shape index (κ2) is 12.8. The van der Waals surface area contributed by atoms with Gasteiger partial charge in [0.2, 0.25) is 0 Å². The van der Waals surface area contributed by atoms with Crippen molar-refractivity contribution in [3.63, 3.8) is 0 Å². The lowest BCUT2D eigenvalue weighted by molar-refractivity contribution is 0.0773. The van der Waals surface area contributed by atoms with Gasteiger partial charge in [0, 0.05) is 37.2 Å². The van der Waals surface area contributed by atoms with Gasteiger partial charge in [-0.1, -0.05) is 31.1 Å². The predicted octanol–water partition coefficient (Wildman–Crippen LogP) is 4.32. The number of hydrogen-bond acceptors (Lipinski definition) is 4. The van der Waals surface area contributed by atoms with E-state index in [0.717, 1.165) is 36.4 Å². The van der Waals surface area contributed by atoms with E-state index in [1.54, 1.807) is 0 Å². The van der Waals surface area contributed by atoms with Crippen LogP contribution in [-0.4, -0.2) is 41.6 Å². The molecule has 0 radical (unpaired) electrons. The molecule has 0 unspecified atom stereocenters. The molecule has 7 nitrogen and oxygen atoms in total. The number of carbonyl (C=O) groups excluding carboxylic acids is 1. The van der Waals surface area contributed by atoms with Crippen LogP contribution in [0.5, 0.6) is 0 Å². The molecule has 31 heavy (non-hydrogen) atoms. The van der Waals surface area contributed by atoms with Crippen LogP contribution in [0.3, 0.4) is 0 Å². The number of aromatic nitrogens is 1. The van der Waals surface area contributed by atoms with Crippen molar-refractivity contribution in [2.75, 3.05) is 19.6 Å². The summed E-state index contributed by atoms with van der Waals surface area (Å²) in [5, 5.41) is 10.8. The van der Waals surface area contributed by atoms with Gasteiger partial charge in [0.1, 0.15) is 0 Å². The van der Waals surface area contributed by atoms with Gasteiger partial charge in [-0.3, -0.25) is 4.79 Å². The maximum absolute atomic E-state index is 12.4. The van der Waals surface area contributed by atoms with Crippen LogP contribution in [0.2, 0.25) is 0 Å². The van der Waals surface area contributed by atoms with Gasteiger partial charge < -0.3 is 20.1 Å². The summed E-state index contributed by atoms with van der Waals surface area (Å²) in [5.41, 5.74) is 2.77. The van der Waals surface area contributed by atoms with Gasteiger partial charge in [0.05, 0.1) is 18.8 Å². The highest BCUT2D eigenvalue weighted by atomic mass is 16.5. The SMILES string of the molecule is CCNC(=NCc1ccc(C(=O)N(CC)CC)cc1)NCc1cc(C(CC)CC)no1. The van der Waals surface area contributed by atoms with Crippen molar-refractivity contribution in [1.82, 2.24) is 20.7 Å². The number of rotatable bonds is 11. The molecule has 0 atom stereocenters. The number of nitrogens with zero attached hydrogens (tertiary/aromatic N) is 3. The quantitative estimate of drug-likeness (QED) is 0.412. The Bertz CT molecular complexity index is 821. The number of hydrogen-bond donors (Lipinski definition) is 2. The van der Waals surface area contributed by atoms with Crippen LogP contribution < -0.4 is 10.6 Å². The summed E-state index contributed by atoms with van der Waals surface area (Å²) in [6.07, 6.45) is 2.11. The summed E-state index contributed by atoms with van der Waals surface area (Å²) >= 11 is 0. The van der Waals surface area contributed by atoms with Gasteiger partial charge in [-0.25, -0.2) is 4.99 Å². The minimum Gasteiger partial charge on any atom is -0.359 e. The van der Waals surface area contributed by atoms with Crippen LogP contribution >= 0.6 is 0 Å². The molecule has 0 fully saturated rings. The number of benzene rings is 1. The first kappa shape index (κ1) is 24.4. The molecule has 0 aliphatic carbocycles. The highest BCUT2D eigenvalue weighted by Gasteiger charge is 2.14. The van der Waals surface area contributed by atoms with Gasteiger partial charge in [-0.15, -0.1) is 0 Å². The second-order valence-corrected chi connectivity index (χ2v) is 7.45. The zero-order valence-corrected chi connectivity index (χ0v) is 19.6. The van der Waals surface area contributed by atoms with Gasteiger partial charge >= 0.3 is 0 Å². The van der Waals surface area contributed by atoms with Crippen molar-refractivity contribution in [3.8, 4) is 0 Å². The molecule has 0 aliphatic heterocycles. The number of carbonyl (C=O) groups is 1. The van der Waals surface area contributed by atoms with Crippen molar-refractivity contribution in [1.29, 1.82) is 0 Å². The van der Waals surface area contributed by atoms with Crippen LogP contribution in [0.1, 0.15) is 80.8 Å².